The van der Waals surface area contributed by atoms with Gasteiger partial charge in [-0.2, -0.15) is 0 Å². The predicted molar refractivity (Wildman–Crippen MR) is 76.3 cm³/mol. The van der Waals surface area contributed by atoms with Gasteiger partial charge in [0, 0.05) is 5.69 Å². The number of nitrogens with one attached hydrogen (secondary N) is 1. The highest BCUT2D eigenvalue weighted by Gasteiger charge is 2.14. The van der Waals surface area contributed by atoms with Crippen LogP contribution in [0, 0.1) is 6.92 Å². The molecule has 0 aliphatic carbocycles. The predicted octanol–water partition coefficient (Wildman–Crippen LogP) is 3.40. The molecule has 0 saturated heterocycles. The quantitative estimate of drug-likeness (QED) is 0.909. The molecule has 0 bridgehead atoms. The molecule has 1 N–H and O–H groups in total. The molecule has 1 atom stereocenters. The standard InChI is InChI=1S/C16H17NO2/c1-12-7-6-10-15(11-12)19-13(2)16(18)17-14-8-4-3-5-9-14/h3-11,13H,1-2H3,(H,17,18)/t13-/m0/s1. The van der Waals surface area contributed by atoms with Crippen molar-refractivity contribution in [2.24, 2.45) is 0 Å². The van der Waals surface area contributed by atoms with Gasteiger partial charge in [0.1, 0.15) is 5.75 Å². The van der Waals surface area contributed by atoms with Crippen molar-refractivity contribution in [3.05, 3.63) is 60.2 Å². The Bertz CT molecular complexity index is 552. The Kier molecular flexibility index (Phi) is 4.18. The van der Waals surface area contributed by atoms with E-state index in [9.17, 15) is 4.79 Å². The van der Waals surface area contributed by atoms with Crippen molar-refractivity contribution in [3.8, 4) is 5.75 Å². The first-order valence-electron chi connectivity index (χ1n) is 6.24. The summed E-state index contributed by atoms with van der Waals surface area (Å²) < 4.78 is 5.62. The van der Waals surface area contributed by atoms with E-state index in [4.69, 9.17) is 4.74 Å². The van der Waals surface area contributed by atoms with Crippen molar-refractivity contribution in [3.63, 3.8) is 0 Å². The van der Waals surface area contributed by atoms with Crippen molar-refractivity contribution in [2.45, 2.75) is 20.0 Å². The minimum absolute atomic E-state index is 0.160. The van der Waals surface area contributed by atoms with Crippen molar-refractivity contribution in [2.75, 3.05) is 5.32 Å². The van der Waals surface area contributed by atoms with Crippen LogP contribution in [0.3, 0.4) is 0 Å². The number of amides is 1. The van der Waals surface area contributed by atoms with Gasteiger partial charge in [-0.1, -0.05) is 30.3 Å². The third kappa shape index (κ3) is 3.85. The fourth-order valence-corrected chi connectivity index (χ4v) is 1.71. The van der Waals surface area contributed by atoms with Gasteiger partial charge in [-0.25, -0.2) is 0 Å². The van der Waals surface area contributed by atoms with Crippen LogP contribution in [0.25, 0.3) is 0 Å². The monoisotopic (exact) mass is 255 g/mol. The first-order chi connectivity index (χ1) is 9.15. The zero-order chi connectivity index (χ0) is 13.7. The average Bonchev–Trinajstić information content (AvgIpc) is 2.40. The van der Waals surface area contributed by atoms with E-state index in [-0.39, 0.29) is 5.91 Å². The Morgan fingerprint density at radius 2 is 1.84 bits per heavy atom. The van der Waals surface area contributed by atoms with Gasteiger partial charge in [0.2, 0.25) is 0 Å². The molecule has 0 radical (unpaired) electrons. The van der Waals surface area contributed by atoms with Crippen molar-refractivity contribution >= 4 is 11.6 Å². The number of anilines is 1. The lowest BCUT2D eigenvalue weighted by atomic mass is 10.2. The highest BCUT2D eigenvalue weighted by Crippen LogP contribution is 2.15. The minimum Gasteiger partial charge on any atom is -0.481 e. The third-order valence-corrected chi connectivity index (χ3v) is 2.71. The van der Waals surface area contributed by atoms with Crippen molar-refractivity contribution in [1.29, 1.82) is 0 Å². The second-order valence-corrected chi connectivity index (χ2v) is 4.43. The molecule has 0 aliphatic heterocycles. The highest BCUT2D eigenvalue weighted by molar-refractivity contribution is 5.94. The second-order valence-electron chi connectivity index (χ2n) is 4.43. The van der Waals surface area contributed by atoms with Gasteiger partial charge >= 0.3 is 0 Å². The first-order valence-corrected chi connectivity index (χ1v) is 6.24. The molecule has 2 rings (SSSR count). The summed E-state index contributed by atoms with van der Waals surface area (Å²) in [7, 11) is 0. The molecule has 0 unspecified atom stereocenters. The number of ether oxygens (including phenoxy) is 1. The van der Waals surface area contributed by atoms with E-state index < -0.39 is 6.10 Å². The second kappa shape index (κ2) is 6.05. The van der Waals surface area contributed by atoms with Crippen molar-refractivity contribution < 1.29 is 9.53 Å². The largest absolute Gasteiger partial charge is 0.481 e. The number of carbonyl (C=O) groups is 1. The molecule has 1 amide bonds. The molecule has 98 valence electrons. The summed E-state index contributed by atoms with van der Waals surface area (Å²) in [5.41, 5.74) is 1.88. The number of hydrogen-bond acceptors (Lipinski definition) is 2. The number of hydrogen-bond donors (Lipinski definition) is 1. The fraction of sp³-hybridized carbons (Fsp3) is 0.188. The van der Waals surface area contributed by atoms with Crippen LogP contribution in [0.4, 0.5) is 5.69 Å². The number of aryl methyl sites for hydroxylation is 1. The number of benzene rings is 2. The van der Waals surface area contributed by atoms with Gasteiger partial charge in [-0.05, 0) is 43.7 Å². The topological polar surface area (TPSA) is 38.3 Å². The van der Waals surface area contributed by atoms with E-state index in [1.165, 1.54) is 0 Å². The third-order valence-electron chi connectivity index (χ3n) is 2.71. The van der Waals surface area contributed by atoms with Gasteiger partial charge in [0.15, 0.2) is 6.10 Å². The molecule has 2 aromatic carbocycles. The van der Waals surface area contributed by atoms with Gasteiger partial charge in [-0.3, -0.25) is 4.79 Å². The van der Waals surface area contributed by atoms with Crippen LogP contribution in [0.15, 0.2) is 54.6 Å². The van der Waals surface area contributed by atoms with E-state index >= 15 is 0 Å². The lowest BCUT2D eigenvalue weighted by molar-refractivity contribution is -0.122. The number of rotatable bonds is 4. The van der Waals surface area contributed by atoms with Crippen LogP contribution < -0.4 is 10.1 Å². The Morgan fingerprint density at radius 3 is 2.53 bits per heavy atom. The summed E-state index contributed by atoms with van der Waals surface area (Å²) >= 11 is 0. The summed E-state index contributed by atoms with van der Waals surface area (Å²) in [4.78, 5) is 12.0. The molecule has 3 nitrogen and oxygen atoms in total. The molecule has 2 aromatic rings. The zero-order valence-electron chi connectivity index (χ0n) is 11.1. The molecular formula is C16H17NO2. The Morgan fingerprint density at radius 1 is 1.11 bits per heavy atom. The summed E-state index contributed by atoms with van der Waals surface area (Å²) in [6.07, 6.45) is -0.540. The van der Waals surface area contributed by atoms with Crippen LogP contribution in [0.2, 0.25) is 0 Å². The molecule has 19 heavy (non-hydrogen) atoms. The molecular weight excluding hydrogens is 238 g/mol. The van der Waals surface area contributed by atoms with Gasteiger partial charge in [0.05, 0.1) is 0 Å². The first kappa shape index (κ1) is 13.1. The van der Waals surface area contributed by atoms with E-state index in [0.29, 0.717) is 5.75 Å². The number of para-hydroxylation sites is 1. The fourth-order valence-electron chi connectivity index (χ4n) is 1.71. The maximum Gasteiger partial charge on any atom is 0.265 e. The van der Waals surface area contributed by atoms with Crippen LogP contribution >= 0.6 is 0 Å². The zero-order valence-corrected chi connectivity index (χ0v) is 11.1. The Hall–Kier alpha value is -2.29. The Balaban J connectivity index is 1.96. The van der Waals surface area contributed by atoms with Crippen LogP contribution in [0.5, 0.6) is 5.75 Å². The lowest BCUT2D eigenvalue weighted by Gasteiger charge is -2.15. The summed E-state index contributed by atoms with van der Waals surface area (Å²) in [5.74, 6) is 0.545. The van der Waals surface area contributed by atoms with Crippen molar-refractivity contribution in [1.82, 2.24) is 0 Å². The molecule has 0 aliphatic rings. The summed E-state index contributed by atoms with van der Waals surface area (Å²) in [5, 5.41) is 2.81. The van der Waals surface area contributed by atoms with E-state index in [1.807, 2.05) is 61.5 Å². The average molecular weight is 255 g/mol. The van der Waals surface area contributed by atoms with E-state index in [2.05, 4.69) is 5.32 Å². The molecule has 0 spiro atoms. The number of carbonyl (C=O) groups excluding carboxylic acids is 1. The van der Waals surface area contributed by atoms with Crippen LogP contribution in [0.1, 0.15) is 12.5 Å². The van der Waals surface area contributed by atoms with Gasteiger partial charge < -0.3 is 10.1 Å². The lowest BCUT2D eigenvalue weighted by Crippen LogP contribution is -2.30. The normalized spacial score (nSPS) is 11.7. The molecule has 3 heteroatoms. The maximum absolute atomic E-state index is 12.0. The molecule has 0 saturated carbocycles. The maximum atomic E-state index is 12.0. The van der Waals surface area contributed by atoms with E-state index in [0.717, 1.165) is 11.3 Å². The van der Waals surface area contributed by atoms with E-state index in [1.54, 1.807) is 6.92 Å². The van der Waals surface area contributed by atoms with Gasteiger partial charge in [0.25, 0.3) is 5.91 Å². The molecule has 0 fully saturated rings. The van der Waals surface area contributed by atoms with Crippen LogP contribution in [-0.4, -0.2) is 12.0 Å². The van der Waals surface area contributed by atoms with Gasteiger partial charge in [-0.15, -0.1) is 0 Å². The Labute approximate surface area is 113 Å². The minimum atomic E-state index is -0.540. The molecule has 0 heterocycles. The SMILES string of the molecule is Cc1cccc(O[C@@H](C)C(=O)Nc2ccccc2)c1. The smallest absolute Gasteiger partial charge is 0.265 e. The highest BCUT2D eigenvalue weighted by atomic mass is 16.5. The summed E-state index contributed by atoms with van der Waals surface area (Å²) in [6.45, 7) is 3.72. The summed E-state index contributed by atoms with van der Waals surface area (Å²) in [6, 6.07) is 17.0. The van der Waals surface area contributed by atoms with Crippen LogP contribution in [-0.2, 0) is 4.79 Å². The molecule has 0 aromatic heterocycles.